The van der Waals surface area contributed by atoms with E-state index in [1.807, 2.05) is 0 Å². The Kier molecular flexibility index (Phi) is 6.06. The SMILES string of the molecule is COc1c(Br)cc(Br)cc1C(=O)Nc1ccc(Cl)c(-c2nc3cc(Cl)ccc3o2)c1. The van der Waals surface area contributed by atoms with Gasteiger partial charge in [0.15, 0.2) is 5.58 Å². The van der Waals surface area contributed by atoms with Crippen LogP contribution in [-0.4, -0.2) is 18.0 Å². The first-order valence-corrected chi connectivity index (χ1v) is 10.9. The molecule has 0 atom stereocenters. The molecule has 30 heavy (non-hydrogen) atoms. The average molecular weight is 571 g/mol. The fourth-order valence-corrected chi connectivity index (χ4v) is 4.67. The molecule has 0 bridgehead atoms. The van der Waals surface area contributed by atoms with Crippen molar-refractivity contribution in [1.82, 2.24) is 4.98 Å². The molecule has 0 radical (unpaired) electrons. The number of hydrogen-bond donors (Lipinski definition) is 1. The van der Waals surface area contributed by atoms with Crippen molar-refractivity contribution in [3.8, 4) is 17.2 Å². The average Bonchev–Trinajstić information content (AvgIpc) is 3.11. The zero-order chi connectivity index (χ0) is 21.4. The standard InChI is InChI=1S/C21H12Br2Cl2N2O3/c1-29-19-14(6-10(22)7-15(19)23)20(28)26-12-3-4-16(25)13(9-12)21-27-17-8-11(24)2-5-18(17)30-21/h2-9H,1H3,(H,26,28). The Morgan fingerprint density at radius 2 is 1.90 bits per heavy atom. The lowest BCUT2D eigenvalue weighted by molar-refractivity contribution is 0.102. The van der Waals surface area contributed by atoms with E-state index in [1.54, 1.807) is 48.5 Å². The largest absolute Gasteiger partial charge is 0.495 e. The van der Waals surface area contributed by atoms with Crippen LogP contribution >= 0.6 is 55.1 Å². The number of methoxy groups -OCH3 is 1. The number of rotatable bonds is 4. The highest BCUT2D eigenvalue weighted by molar-refractivity contribution is 9.11. The topological polar surface area (TPSA) is 64.4 Å². The quantitative estimate of drug-likeness (QED) is 0.274. The number of oxazole rings is 1. The van der Waals surface area contributed by atoms with E-state index in [0.717, 1.165) is 4.47 Å². The molecule has 9 heteroatoms. The number of anilines is 1. The molecule has 1 heterocycles. The van der Waals surface area contributed by atoms with Gasteiger partial charge in [0, 0.05) is 15.2 Å². The molecule has 0 aliphatic carbocycles. The minimum absolute atomic E-state index is 0.330. The van der Waals surface area contributed by atoms with Crippen LogP contribution in [0.15, 0.2) is 61.9 Å². The van der Waals surface area contributed by atoms with Gasteiger partial charge in [0.2, 0.25) is 5.89 Å². The molecule has 0 saturated carbocycles. The van der Waals surface area contributed by atoms with Crippen molar-refractivity contribution in [1.29, 1.82) is 0 Å². The highest BCUT2D eigenvalue weighted by Crippen LogP contribution is 2.35. The van der Waals surface area contributed by atoms with Gasteiger partial charge in [-0.05, 0) is 64.5 Å². The van der Waals surface area contributed by atoms with Crippen LogP contribution < -0.4 is 10.1 Å². The van der Waals surface area contributed by atoms with Gasteiger partial charge in [-0.2, -0.15) is 0 Å². The van der Waals surface area contributed by atoms with Crippen molar-refractivity contribution >= 4 is 77.8 Å². The Morgan fingerprint density at radius 1 is 1.10 bits per heavy atom. The van der Waals surface area contributed by atoms with Gasteiger partial charge in [-0.3, -0.25) is 4.79 Å². The zero-order valence-corrected chi connectivity index (χ0v) is 20.0. The second-order valence-electron chi connectivity index (χ2n) is 6.25. The highest BCUT2D eigenvalue weighted by Gasteiger charge is 2.18. The Morgan fingerprint density at radius 3 is 2.67 bits per heavy atom. The summed E-state index contributed by atoms with van der Waals surface area (Å²) in [6, 6.07) is 13.7. The molecule has 1 amide bonds. The first-order valence-electron chi connectivity index (χ1n) is 8.56. The second kappa shape index (κ2) is 8.59. The summed E-state index contributed by atoms with van der Waals surface area (Å²) in [5.74, 6) is 0.420. The van der Waals surface area contributed by atoms with Crippen molar-refractivity contribution in [2.75, 3.05) is 12.4 Å². The maximum atomic E-state index is 12.9. The summed E-state index contributed by atoms with van der Waals surface area (Å²) in [5.41, 5.74) is 2.64. The van der Waals surface area contributed by atoms with Crippen LogP contribution in [0.25, 0.3) is 22.6 Å². The molecule has 152 valence electrons. The summed E-state index contributed by atoms with van der Waals surface area (Å²) in [7, 11) is 1.50. The molecule has 0 saturated heterocycles. The molecule has 1 aromatic heterocycles. The molecule has 4 rings (SSSR count). The lowest BCUT2D eigenvalue weighted by atomic mass is 10.1. The highest BCUT2D eigenvalue weighted by atomic mass is 79.9. The lowest BCUT2D eigenvalue weighted by Gasteiger charge is -2.12. The van der Waals surface area contributed by atoms with Crippen LogP contribution in [0.5, 0.6) is 5.75 Å². The van der Waals surface area contributed by atoms with Gasteiger partial charge in [-0.15, -0.1) is 0 Å². The molecule has 0 unspecified atom stereocenters. The Labute approximate surface area is 198 Å². The predicted octanol–water partition coefficient (Wildman–Crippen LogP) is 7.59. The van der Waals surface area contributed by atoms with Gasteiger partial charge in [0.1, 0.15) is 11.3 Å². The third-order valence-corrected chi connectivity index (χ3v) is 5.87. The number of halogens is 4. The van der Waals surface area contributed by atoms with E-state index in [4.69, 9.17) is 32.4 Å². The van der Waals surface area contributed by atoms with E-state index in [9.17, 15) is 4.79 Å². The van der Waals surface area contributed by atoms with Crippen LogP contribution in [-0.2, 0) is 0 Å². The van der Waals surface area contributed by atoms with E-state index in [0.29, 0.717) is 54.1 Å². The number of ether oxygens (including phenoxy) is 1. The molecule has 1 N–H and O–H groups in total. The van der Waals surface area contributed by atoms with Gasteiger partial charge < -0.3 is 14.5 Å². The monoisotopic (exact) mass is 568 g/mol. The lowest BCUT2D eigenvalue weighted by Crippen LogP contribution is -2.13. The zero-order valence-electron chi connectivity index (χ0n) is 15.3. The van der Waals surface area contributed by atoms with Crippen molar-refractivity contribution in [2.45, 2.75) is 0 Å². The summed E-state index contributed by atoms with van der Waals surface area (Å²) >= 11 is 19.2. The van der Waals surface area contributed by atoms with Crippen LogP contribution in [0.3, 0.4) is 0 Å². The van der Waals surface area contributed by atoms with E-state index in [-0.39, 0.29) is 5.91 Å². The van der Waals surface area contributed by atoms with Crippen LogP contribution in [0.1, 0.15) is 10.4 Å². The fraction of sp³-hybridized carbons (Fsp3) is 0.0476. The Hall–Kier alpha value is -2.06. The number of carbonyl (C=O) groups excluding carboxylic acids is 1. The third-order valence-electron chi connectivity index (χ3n) is 4.26. The van der Waals surface area contributed by atoms with Crippen LogP contribution in [0.2, 0.25) is 10.0 Å². The van der Waals surface area contributed by atoms with Crippen molar-refractivity contribution in [2.24, 2.45) is 0 Å². The molecule has 0 aliphatic heterocycles. The molecule has 3 aromatic carbocycles. The van der Waals surface area contributed by atoms with Crippen molar-refractivity contribution < 1.29 is 13.9 Å². The number of aromatic nitrogens is 1. The molecule has 0 aliphatic rings. The molecule has 4 aromatic rings. The van der Waals surface area contributed by atoms with Gasteiger partial charge in [-0.25, -0.2) is 4.98 Å². The van der Waals surface area contributed by atoms with E-state index < -0.39 is 0 Å². The van der Waals surface area contributed by atoms with Gasteiger partial charge >= 0.3 is 0 Å². The number of benzene rings is 3. The molecule has 0 fully saturated rings. The number of nitrogens with zero attached hydrogens (tertiary/aromatic N) is 1. The number of hydrogen-bond acceptors (Lipinski definition) is 4. The summed E-state index contributed by atoms with van der Waals surface area (Å²) in [6.07, 6.45) is 0. The summed E-state index contributed by atoms with van der Waals surface area (Å²) < 4.78 is 12.6. The van der Waals surface area contributed by atoms with Crippen molar-refractivity contribution in [3.05, 3.63) is 73.1 Å². The number of fused-ring (bicyclic) bond motifs is 1. The van der Waals surface area contributed by atoms with Crippen LogP contribution in [0, 0.1) is 0 Å². The smallest absolute Gasteiger partial charge is 0.259 e. The second-order valence-corrected chi connectivity index (χ2v) is 8.86. The number of nitrogens with one attached hydrogen (secondary N) is 1. The van der Waals surface area contributed by atoms with Crippen molar-refractivity contribution in [3.63, 3.8) is 0 Å². The first-order chi connectivity index (χ1) is 14.4. The van der Waals surface area contributed by atoms with Gasteiger partial charge in [0.05, 0.1) is 27.7 Å². The van der Waals surface area contributed by atoms with E-state index in [1.165, 1.54) is 7.11 Å². The minimum Gasteiger partial charge on any atom is -0.495 e. The third kappa shape index (κ3) is 4.21. The maximum Gasteiger partial charge on any atom is 0.259 e. The normalized spacial score (nSPS) is 11.0. The van der Waals surface area contributed by atoms with Gasteiger partial charge in [-0.1, -0.05) is 39.1 Å². The molecular formula is C21H12Br2Cl2N2O3. The molecule has 5 nitrogen and oxygen atoms in total. The van der Waals surface area contributed by atoms with E-state index >= 15 is 0 Å². The summed E-state index contributed by atoms with van der Waals surface area (Å²) in [4.78, 5) is 17.3. The number of amides is 1. The Bertz CT molecular complexity index is 1290. The van der Waals surface area contributed by atoms with Crippen LogP contribution in [0.4, 0.5) is 5.69 Å². The molecular weight excluding hydrogens is 559 g/mol. The summed E-state index contributed by atoms with van der Waals surface area (Å²) in [6.45, 7) is 0. The minimum atomic E-state index is -0.341. The molecule has 0 spiro atoms. The first kappa shape index (κ1) is 21.2. The van der Waals surface area contributed by atoms with E-state index in [2.05, 4.69) is 42.2 Å². The fourth-order valence-electron chi connectivity index (χ4n) is 2.92. The Balaban J connectivity index is 1.69. The number of carbonyl (C=O) groups is 1. The maximum absolute atomic E-state index is 12.9. The predicted molar refractivity (Wildman–Crippen MR) is 126 cm³/mol. The van der Waals surface area contributed by atoms with Gasteiger partial charge in [0.25, 0.3) is 5.91 Å². The summed E-state index contributed by atoms with van der Waals surface area (Å²) in [5, 5.41) is 3.86.